The van der Waals surface area contributed by atoms with Crippen molar-refractivity contribution in [1.82, 2.24) is 9.88 Å². The lowest BCUT2D eigenvalue weighted by Crippen LogP contribution is -2.41. The van der Waals surface area contributed by atoms with E-state index >= 15 is 0 Å². The Hall–Kier alpha value is -4.80. The van der Waals surface area contributed by atoms with E-state index < -0.39 is 0 Å². The summed E-state index contributed by atoms with van der Waals surface area (Å²) in [7, 11) is 0. The summed E-state index contributed by atoms with van der Waals surface area (Å²) in [6.45, 7) is 1.31. The molecule has 41 heavy (non-hydrogen) atoms. The van der Waals surface area contributed by atoms with Crippen LogP contribution in [0.3, 0.4) is 0 Å². The molecule has 0 unspecified atom stereocenters. The molecule has 0 aliphatic carbocycles. The minimum absolute atomic E-state index is 0.0170. The molecule has 0 aliphatic rings. The second kappa shape index (κ2) is 14.0. The summed E-state index contributed by atoms with van der Waals surface area (Å²) >= 11 is 0. The number of ketones is 1. The van der Waals surface area contributed by atoms with Crippen LogP contribution in [0.25, 0.3) is 11.3 Å². The molecular formula is C37H35N3O. The highest BCUT2D eigenvalue weighted by Gasteiger charge is 2.26. The van der Waals surface area contributed by atoms with Gasteiger partial charge in [0.15, 0.2) is 5.78 Å². The van der Waals surface area contributed by atoms with Crippen LogP contribution >= 0.6 is 0 Å². The monoisotopic (exact) mass is 537 g/mol. The molecule has 4 nitrogen and oxygen atoms in total. The summed E-state index contributed by atoms with van der Waals surface area (Å²) in [4.78, 5) is 20.7. The van der Waals surface area contributed by atoms with Crippen molar-refractivity contribution in [2.75, 3.05) is 0 Å². The maximum Gasteiger partial charge on any atom is 0.174 e. The minimum Gasteiger partial charge on any atom is -0.402 e. The molecule has 204 valence electrons. The predicted octanol–water partition coefficient (Wildman–Crippen LogP) is 7.02. The van der Waals surface area contributed by atoms with Crippen molar-refractivity contribution in [3.63, 3.8) is 0 Å². The molecule has 4 heteroatoms. The van der Waals surface area contributed by atoms with Crippen molar-refractivity contribution in [3.8, 4) is 11.3 Å². The number of pyridine rings is 1. The summed E-state index contributed by atoms with van der Waals surface area (Å²) in [6.07, 6.45) is 4.54. The highest BCUT2D eigenvalue weighted by molar-refractivity contribution is 5.95. The number of carbonyl (C=O) groups excluding carboxylic acids is 1. The molecule has 1 aromatic heterocycles. The summed E-state index contributed by atoms with van der Waals surface area (Å²) in [5, 5.41) is 0. The van der Waals surface area contributed by atoms with Gasteiger partial charge in [0.1, 0.15) is 0 Å². The fraction of sp³-hybridized carbons (Fsp3) is 0.135. The molecular weight excluding hydrogens is 502 g/mol. The maximum absolute atomic E-state index is 14.0. The van der Waals surface area contributed by atoms with Gasteiger partial charge in [-0.1, -0.05) is 121 Å². The lowest BCUT2D eigenvalue weighted by atomic mass is 9.97. The largest absolute Gasteiger partial charge is 0.402 e. The van der Waals surface area contributed by atoms with E-state index in [1.165, 1.54) is 11.1 Å². The Labute approximate surface area is 242 Å². The molecule has 4 aromatic carbocycles. The zero-order valence-electron chi connectivity index (χ0n) is 23.1. The van der Waals surface area contributed by atoms with Crippen molar-refractivity contribution in [3.05, 3.63) is 174 Å². The van der Waals surface area contributed by atoms with Crippen molar-refractivity contribution in [1.29, 1.82) is 0 Å². The molecule has 5 rings (SSSR count). The van der Waals surface area contributed by atoms with Gasteiger partial charge in [-0.05, 0) is 40.8 Å². The zero-order chi connectivity index (χ0) is 28.3. The van der Waals surface area contributed by atoms with Crippen LogP contribution in [0.15, 0.2) is 151 Å². The van der Waals surface area contributed by atoms with Gasteiger partial charge in [0, 0.05) is 43.0 Å². The number of carbonyl (C=O) groups is 1. The van der Waals surface area contributed by atoms with Crippen LogP contribution < -0.4 is 5.73 Å². The van der Waals surface area contributed by atoms with E-state index in [0.717, 1.165) is 22.4 Å². The van der Waals surface area contributed by atoms with E-state index in [0.29, 0.717) is 31.6 Å². The first kappa shape index (κ1) is 27.8. The second-order valence-corrected chi connectivity index (χ2v) is 10.3. The minimum atomic E-state index is -0.372. The number of hydrogen-bond acceptors (Lipinski definition) is 4. The number of benzene rings is 4. The molecule has 5 aromatic rings. The average molecular weight is 538 g/mol. The number of rotatable bonds is 12. The lowest BCUT2D eigenvalue weighted by molar-refractivity contribution is -0.120. The Bertz CT molecular complexity index is 1490. The van der Waals surface area contributed by atoms with Gasteiger partial charge >= 0.3 is 0 Å². The third kappa shape index (κ3) is 8.10. The van der Waals surface area contributed by atoms with Gasteiger partial charge < -0.3 is 5.73 Å². The first-order valence-electron chi connectivity index (χ1n) is 14.0. The van der Waals surface area contributed by atoms with E-state index in [9.17, 15) is 4.79 Å². The SMILES string of the molecule is N/C(=C\C(=O)[C@H](Cc1ccccc1)N(Cc1ccccc1)Cc1ccccc1)Cc1ccc(-c2ccccn2)cc1. The van der Waals surface area contributed by atoms with Gasteiger partial charge in [-0.25, -0.2) is 0 Å². The van der Waals surface area contributed by atoms with Crippen molar-refractivity contribution in [2.24, 2.45) is 5.73 Å². The van der Waals surface area contributed by atoms with E-state index in [-0.39, 0.29) is 11.8 Å². The van der Waals surface area contributed by atoms with Gasteiger partial charge in [-0.3, -0.25) is 14.7 Å². The molecule has 1 heterocycles. The lowest BCUT2D eigenvalue weighted by Gasteiger charge is -2.31. The summed E-state index contributed by atoms with van der Waals surface area (Å²) in [5.41, 5.74) is 13.5. The molecule has 0 aliphatic heterocycles. The molecule has 1 atom stereocenters. The number of nitrogens with two attached hydrogens (primary N) is 1. The third-order valence-corrected chi connectivity index (χ3v) is 7.15. The molecule has 0 saturated heterocycles. The van der Waals surface area contributed by atoms with Crippen LogP contribution in [0, 0.1) is 0 Å². The summed E-state index contributed by atoms with van der Waals surface area (Å²) in [6, 6.07) is 44.6. The van der Waals surface area contributed by atoms with Gasteiger partial charge in [-0.15, -0.1) is 0 Å². The fourth-order valence-electron chi connectivity index (χ4n) is 5.05. The Morgan fingerprint density at radius 1 is 0.659 bits per heavy atom. The maximum atomic E-state index is 14.0. The average Bonchev–Trinajstić information content (AvgIpc) is 3.02. The molecule has 0 spiro atoms. The quantitative estimate of drug-likeness (QED) is 0.174. The standard InChI is InChI=1S/C37H35N3O/c38-34(24-30-19-21-33(22-20-30)35-18-10-11-23-39-35)26-37(41)36(25-29-12-4-1-5-13-29)40(27-31-14-6-2-7-15-31)28-32-16-8-3-9-17-32/h1-23,26,36H,24-25,27-28,38H2/b34-26-/t36-/m0/s1. The van der Waals surface area contributed by atoms with Crippen molar-refractivity contribution < 1.29 is 4.79 Å². The number of hydrogen-bond donors (Lipinski definition) is 1. The molecule has 0 bridgehead atoms. The molecule has 0 amide bonds. The Morgan fingerprint density at radius 3 is 1.73 bits per heavy atom. The highest BCUT2D eigenvalue weighted by Crippen LogP contribution is 2.20. The molecule has 0 radical (unpaired) electrons. The van der Waals surface area contributed by atoms with Crippen LogP contribution in [0.5, 0.6) is 0 Å². The van der Waals surface area contributed by atoms with E-state index in [1.54, 1.807) is 12.3 Å². The fourth-order valence-corrected chi connectivity index (χ4v) is 5.05. The van der Waals surface area contributed by atoms with Gasteiger partial charge in [0.2, 0.25) is 0 Å². The predicted molar refractivity (Wildman–Crippen MR) is 167 cm³/mol. The molecule has 0 saturated carbocycles. The zero-order valence-corrected chi connectivity index (χ0v) is 23.1. The van der Waals surface area contributed by atoms with E-state index in [1.807, 2.05) is 97.1 Å². The highest BCUT2D eigenvalue weighted by atomic mass is 16.1. The molecule has 2 N–H and O–H groups in total. The summed E-state index contributed by atoms with van der Waals surface area (Å²) in [5.74, 6) is 0.0170. The van der Waals surface area contributed by atoms with Crippen LogP contribution in [-0.4, -0.2) is 21.7 Å². The Kier molecular flexibility index (Phi) is 9.49. The second-order valence-electron chi connectivity index (χ2n) is 10.3. The van der Waals surface area contributed by atoms with Crippen LogP contribution in [0.1, 0.15) is 22.3 Å². The van der Waals surface area contributed by atoms with E-state index in [2.05, 4.69) is 46.3 Å². The normalized spacial score (nSPS) is 12.3. The van der Waals surface area contributed by atoms with Crippen molar-refractivity contribution >= 4 is 5.78 Å². The first-order chi connectivity index (χ1) is 20.1. The smallest absolute Gasteiger partial charge is 0.174 e. The van der Waals surface area contributed by atoms with Gasteiger partial charge in [0.05, 0.1) is 11.7 Å². The topological polar surface area (TPSA) is 59.2 Å². The number of nitrogens with zero attached hydrogens (tertiary/aromatic N) is 2. The first-order valence-corrected chi connectivity index (χ1v) is 14.0. The Balaban J connectivity index is 1.39. The van der Waals surface area contributed by atoms with E-state index in [4.69, 9.17) is 5.73 Å². The van der Waals surface area contributed by atoms with Gasteiger partial charge in [0.25, 0.3) is 0 Å². The molecule has 0 fully saturated rings. The Morgan fingerprint density at radius 2 is 1.20 bits per heavy atom. The van der Waals surface area contributed by atoms with Crippen molar-refractivity contribution in [2.45, 2.75) is 32.0 Å². The number of allylic oxidation sites excluding steroid dienone is 1. The van der Waals surface area contributed by atoms with Crippen LogP contribution in [0.2, 0.25) is 0 Å². The van der Waals surface area contributed by atoms with Crippen LogP contribution in [-0.2, 0) is 30.7 Å². The van der Waals surface area contributed by atoms with Crippen LogP contribution in [0.4, 0.5) is 0 Å². The van der Waals surface area contributed by atoms with Gasteiger partial charge in [-0.2, -0.15) is 0 Å². The third-order valence-electron chi connectivity index (χ3n) is 7.15. The summed E-state index contributed by atoms with van der Waals surface area (Å²) < 4.78 is 0. The number of aromatic nitrogens is 1.